The summed E-state index contributed by atoms with van der Waals surface area (Å²) in [5.41, 5.74) is 19.3. The molecule has 1 heterocycles. The van der Waals surface area contributed by atoms with Crippen molar-refractivity contribution in [1.82, 2.24) is 20.9 Å². The van der Waals surface area contributed by atoms with Crippen molar-refractivity contribution in [3.63, 3.8) is 0 Å². The van der Waals surface area contributed by atoms with Gasteiger partial charge in [-0.2, -0.15) is 0 Å². The highest BCUT2D eigenvalue weighted by atomic mass is 16.4. The third kappa shape index (κ3) is 10.8. The third-order valence-corrected chi connectivity index (χ3v) is 7.36. The second-order valence-electron chi connectivity index (χ2n) is 11.6. The van der Waals surface area contributed by atoms with Gasteiger partial charge in [0.05, 0.1) is 6.04 Å². The molecule has 2 aromatic carbocycles. The molecule has 0 saturated heterocycles. The number of guanidine groups is 1. The van der Waals surface area contributed by atoms with Gasteiger partial charge in [0.1, 0.15) is 23.9 Å². The molecule has 0 aliphatic carbocycles. The number of fused-ring (bicyclic) bond motifs is 1. The lowest BCUT2D eigenvalue weighted by atomic mass is 10.0. The number of H-pyrrole nitrogens is 1. The van der Waals surface area contributed by atoms with E-state index in [2.05, 4.69) is 25.9 Å². The minimum atomic E-state index is -1.19. The van der Waals surface area contributed by atoms with E-state index in [0.717, 1.165) is 16.5 Å². The fourth-order valence-electron chi connectivity index (χ4n) is 5.00. The number of benzene rings is 2. The van der Waals surface area contributed by atoms with Crippen molar-refractivity contribution >= 4 is 40.6 Å². The summed E-state index contributed by atoms with van der Waals surface area (Å²) in [6.07, 6.45) is 2.55. The Balaban J connectivity index is 1.85. The Kier molecular flexibility index (Phi) is 12.9. The molecule has 0 spiro atoms. The molecule has 14 heteroatoms. The molecule has 0 saturated carbocycles. The van der Waals surface area contributed by atoms with E-state index < -0.39 is 47.9 Å². The molecule has 0 aliphatic heterocycles. The predicted molar refractivity (Wildman–Crippen MR) is 175 cm³/mol. The lowest BCUT2D eigenvalue weighted by Gasteiger charge is -2.25. The summed E-state index contributed by atoms with van der Waals surface area (Å²) in [7, 11) is 0. The number of carbonyl (C=O) groups is 4. The molecule has 3 amide bonds. The number of carbonyl (C=O) groups excluding carboxylic acids is 3. The Labute approximate surface area is 267 Å². The number of aliphatic carboxylic acids is 1. The first-order valence-electron chi connectivity index (χ1n) is 15.1. The van der Waals surface area contributed by atoms with Gasteiger partial charge in [-0.05, 0) is 60.9 Å². The SMILES string of the molecule is CC(C)CC(NC(=O)C(CCCN=C(N)N)NC(=O)C(Cc1c[nH]c2ccccc12)NC(=O)C(N)Cc1ccc(O)cc1)C(=O)O. The van der Waals surface area contributed by atoms with Crippen LogP contribution in [-0.2, 0) is 32.0 Å². The number of aromatic hydroxyl groups is 1. The van der Waals surface area contributed by atoms with Crippen LogP contribution in [0, 0.1) is 5.92 Å². The zero-order valence-electron chi connectivity index (χ0n) is 26.0. The van der Waals surface area contributed by atoms with E-state index in [-0.39, 0.29) is 49.9 Å². The molecule has 4 atom stereocenters. The smallest absolute Gasteiger partial charge is 0.326 e. The molecule has 0 aliphatic rings. The van der Waals surface area contributed by atoms with Crippen LogP contribution in [0.1, 0.15) is 44.2 Å². The molecule has 3 aromatic rings. The zero-order chi connectivity index (χ0) is 33.8. The van der Waals surface area contributed by atoms with Crippen molar-refractivity contribution in [3.8, 4) is 5.75 Å². The number of para-hydroxylation sites is 1. The molecule has 248 valence electrons. The van der Waals surface area contributed by atoms with Gasteiger partial charge < -0.3 is 48.3 Å². The zero-order valence-corrected chi connectivity index (χ0v) is 26.0. The molecule has 3 rings (SSSR count). The summed E-state index contributed by atoms with van der Waals surface area (Å²) in [4.78, 5) is 59.4. The number of phenols is 1. The number of nitrogens with two attached hydrogens (primary N) is 3. The van der Waals surface area contributed by atoms with Crippen LogP contribution in [0.3, 0.4) is 0 Å². The van der Waals surface area contributed by atoms with Crippen LogP contribution in [0.15, 0.2) is 59.7 Å². The number of rotatable bonds is 17. The molecule has 12 N–H and O–H groups in total. The Bertz CT molecular complexity index is 1520. The lowest BCUT2D eigenvalue weighted by Crippen LogP contribution is -2.57. The second-order valence-corrected chi connectivity index (χ2v) is 11.6. The van der Waals surface area contributed by atoms with E-state index in [1.165, 1.54) is 12.1 Å². The van der Waals surface area contributed by atoms with Crippen LogP contribution in [-0.4, -0.2) is 75.6 Å². The van der Waals surface area contributed by atoms with Gasteiger partial charge in [-0.3, -0.25) is 19.4 Å². The first-order chi connectivity index (χ1) is 21.8. The van der Waals surface area contributed by atoms with Gasteiger partial charge in [0, 0.05) is 30.1 Å². The Morgan fingerprint density at radius 3 is 2.15 bits per heavy atom. The van der Waals surface area contributed by atoms with Gasteiger partial charge in [-0.1, -0.05) is 44.2 Å². The van der Waals surface area contributed by atoms with Crippen molar-refractivity contribution < 1.29 is 29.4 Å². The highest BCUT2D eigenvalue weighted by Gasteiger charge is 2.31. The minimum Gasteiger partial charge on any atom is -0.508 e. The Morgan fingerprint density at radius 1 is 0.870 bits per heavy atom. The van der Waals surface area contributed by atoms with Gasteiger partial charge in [0.2, 0.25) is 17.7 Å². The minimum absolute atomic E-state index is 0.0159. The van der Waals surface area contributed by atoms with Crippen molar-refractivity contribution in [3.05, 3.63) is 65.9 Å². The fourth-order valence-corrected chi connectivity index (χ4v) is 5.00. The number of hydrogen-bond donors (Lipinski definition) is 9. The second kappa shape index (κ2) is 16.8. The number of aromatic amines is 1. The van der Waals surface area contributed by atoms with Gasteiger partial charge >= 0.3 is 5.97 Å². The number of aliphatic imine (C=N–C) groups is 1. The van der Waals surface area contributed by atoms with Crippen LogP contribution in [0.4, 0.5) is 0 Å². The van der Waals surface area contributed by atoms with Crippen LogP contribution < -0.4 is 33.2 Å². The van der Waals surface area contributed by atoms with E-state index >= 15 is 0 Å². The highest BCUT2D eigenvalue weighted by molar-refractivity contribution is 5.95. The van der Waals surface area contributed by atoms with Crippen molar-refractivity contribution in [2.75, 3.05) is 6.54 Å². The molecule has 0 fully saturated rings. The first-order valence-corrected chi connectivity index (χ1v) is 15.1. The van der Waals surface area contributed by atoms with E-state index in [9.17, 15) is 29.4 Å². The summed E-state index contributed by atoms with van der Waals surface area (Å²) in [5, 5.41) is 28.1. The highest BCUT2D eigenvalue weighted by Crippen LogP contribution is 2.20. The molecule has 0 radical (unpaired) electrons. The maximum absolute atomic E-state index is 13.8. The third-order valence-electron chi connectivity index (χ3n) is 7.36. The van der Waals surface area contributed by atoms with Gasteiger partial charge in [0.15, 0.2) is 5.96 Å². The number of amides is 3. The van der Waals surface area contributed by atoms with Crippen LogP contribution in [0.2, 0.25) is 0 Å². The summed E-state index contributed by atoms with van der Waals surface area (Å²) >= 11 is 0. The molecule has 1 aromatic heterocycles. The summed E-state index contributed by atoms with van der Waals surface area (Å²) in [6, 6.07) is 9.28. The average Bonchev–Trinajstić information content (AvgIpc) is 3.41. The molecule has 4 unspecified atom stereocenters. The maximum atomic E-state index is 13.8. The van der Waals surface area contributed by atoms with E-state index in [4.69, 9.17) is 17.2 Å². The number of phenolic OH excluding ortho intramolecular Hbond substituents is 1. The van der Waals surface area contributed by atoms with Crippen molar-refractivity contribution in [1.29, 1.82) is 0 Å². The predicted octanol–water partition coefficient (Wildman–Crippen LogP) is 0.625. The summed E-state index contributed by atoms with van der Waals surface area (Å²) < 4.78 is 0. The largest absolute Gasteiger partial charge is 0.508 e. The van der Waals surface area contributed by atoms with E-state index in [1.807, 2.05) is 38.1 Å². The molecule has 0 bridgehead atoms. The Hall–Kier alpha value is -5.11. The van der Waals surface area contributed by atoms with Crippen LogP contribution >= 0.6 is 0 Å². The summed E-state index contributed by atoms with van der Waals surface area (Å²) in [6.45, 7) is 3.85. The lowest BCUT2D eigenvalue weighted by molar-refractivity contribution is -0.142. The van der Waals surface area contributed by atoms with Crippen LogP contribution in [0.25, 0.3) is 10.9 Å². The quantitative estimate of drug-likeness (QED) is 0.0571. The monoisotopic (exact) mass is 636 g/mol. The number of hydrogen-bond acceptors (Lipinski definition) is 7. The van der Waals surface area contributed by atoms with Gasteiger partial charge in [0.25, 0.3) is 0 Å². The average molecular weight is 637 g/mol. The molecule has 14 nitrogen and oxygen atoms in total. The van der Waals surface area contributed by atoms with E-state index in [1.54, 1.807) is 18.3 Å². The van der Waals surface area contributed by atoms with Crippen molar-refractivity contribution in [2.45, 2.75) is 70.1 Å². The number of carboxylic acid groups (broad SMARTS) is 1. The molecule has 46 heavy (non-hydrogen) atoms. The van der Waals surface area contributed by atoms with Gasteiger partial charge in [-0.15, -0.1) is 0 Å². The van der Waals surface area contributed by atoms with Crippen LogP contribution in [0.5, 0.6) is 5.75 Å². The normalized spacial score (nSPS) is 13.7. The van der Waals surface area contributed by atoms with Crippen molar-refractivity contribution in [2.24, 2.45) is 28.1 Å². The number of aromatic nitrogens is 1. The number of nitrogens with one attached hydrogen (secondary N) is 4. The van der Waals surface area contributed by atoms with E-state index in [0.29, 0.717) is 12.0 Å². The standard InChI is InChI=1S/C32H44N8O6/c1-18(2)14-27(31(45)46)40-29(43)25(8-5-13-36-32(34)35)38-30(44)26(16-20-17-37-24-7-4-3-6-22(20)24)39-28(42)23(33)15-19-9-11-21(41)12-10-19/h3-4,6-7,9-12,17-18,23,25-27,37,41H,5,8,13-16,33H2,1-2H3,(H,38,44)(H,39,42)(H,40,43)(H,45,46)(H4,34,35,36). The molecular weight excluding hydrogens is 592 g/mol. The van der Waals surface area contributed by atoms with Gasteiger partial charge in [-0.25, -0.2) is 4.79 Å². The number of nitrogens with zero attached hydrogens (tertiary/aromatic N) is 1. The topological polar surface area (TPSA) is 251 Å². The summed E-state index contributed by atoms with van der Waals surface area (Å²) in [5.74, 6) is -3.20. The number of carboxylic acids is 1. The Morgan fingerprint density at radius 2 is 1.50 bits per heavy atom. The fraction of sp³-hybridized carbons (Fsp3) is 0.406. The molecular formula is C32H44N8O6. The maximum Gasteiger partial charge on any atom is 0.326 e. The first kappa shape index (κ1) is 35.4.